The molecule has 0 saturated heterocycles. The summed E-state index contributed by atoms with van der Waals surface area (Å²) in [6.45, 7) is 0.0472. The van der Waals surface area contributed by atoms with Gasteiger partial charge in [0.25, 0.3) is 0 Å². The highest BCUT2D eigenvalue weighted by molar-refractivity contribution is 7.80. The number of thiocarbonyl (C=S) groups is 1. The Kier molecular flexibility index (Phi) is 6.52. The number of hydrazone groups is 1. The van der Waals surface area contributed by atoms with E-state index < -0.39 is 0 Å². The average molecular weight is 477 g/mol. The minimum absolute atomic E-state index is 0.0391. The van der Waals surface area contributed by atoms with Crippen molar-refractivity contribution in [1.29, 1.82) is 0 Å². The largest absolute Gasteiger partial charge is 0.492 e. The van der Waals surface area contributed by atoms with Crippen LogP contribution in [0.25, 0.3) is 0 Å². The van der Waals surface area contributed by atoms with Crippen LogP contribution in [0, 0.1) is 0 Å². The zero-order valence-corrected chi connectivity index (χ0v) is 19.0. The molecule has 0 aromatic heterocycles. The standard InChI is InChI=1S/C21H21ClN4O5S/c1-27-17-14(7-13-8-16(26-31-13)11-3-5-12(22)6-4-11)15(9-24-25-21(23)32)18-20(19(17)28-2)30-10-29-18/h3-6,9,13H,7-8,10H2,1-2H3,(H3,23,25,32)/b24-9+. The monoisotopic (exact) mass is 476 g/mol. The van der Waals surface area contributed by atoms with Crippen LogP contribution in [0.3, 0.4) is 0 Å². The van der Waals surface area contributed by atoms with Gasteiger partial charge in [-0.25, -0.2) is 0 Å². The van der Waals surface area contributed by atoms with Crippen molar-refractivity contribution in [1.82, 2.24) is 5.43 Å². The van der Waals surface area contributed by atoms with E-state index in [1.165, 1.54) is 0 Å². The van der Waals surface area contributed by atoms with Crippen LogP contribution in [-0.2, 0) is 11.3 Å². The molecule has 0 fully saturated rings. The highest BCUT2D eigenvalue weighted by Gasteiger charge is 2.33. The number of nitrogens with two attached hydrogens (primary N) is 1. The summed E-state index contributed by atoms with van der Waals surface area (Å²) >= 11 is 10.8. The summed E-state index contributed by atoms with van der Waals surface area (Å²) in [7, 11) is 3.10. The Bertz CT molecular complexity index is 1090. The fourth-order valence-corrected chi connectivity index (χ4v) is 3.80. The predicted octanol–water partition coefficient (Wildman–Crippen LogP) is 2.99. The zero-order valence-electron chi connectivity index (χ0n) is 17.4. The van der Waals surface area contributed by atoms with Crippen molar-refractivity contribution in [3.63, 3.8) is 0 Å². The van der Waals surface area contributed by atoms with Crippen molar-refractivity contribution in [2.45, 2.75) is 18.9 Å². The van der Waals surface area contributed by atoms with E-state index in [1.54, 1.807) is 20.4 Å². The number of ether oxygens (including phenoxy) is 4. The number of rotatable bonds is 7. The van der Waals surface area contributed by atoms with Crippen LogP contribution in [0.4, 0.5) is 0 Å². The Morgan fingerprint density at radius 3 is 2.66 bits per heavy atom. The van der Waals surface area contributed by atoms with Crippen LogP contribution < -0.4 is 30.1 Å². The van der Waals surface area contributed by atoms with Crippen molar-refractivity contribution in [3.05, 3.63) is 46.0 Å². The minimum Gasteiger partial charge on any atom is -0.492 e. The fraction of sp³-hybridized carbons (Fsp3) is 0.286. The van der Waals surface area contributed by atoms with E-state index in [-0.39, 0.29) is 18.0 Å². The van der Waals surface area contributed by atoms with Gasteiger partial charge in [0, 0.05) is 29.0 Å². The molecule has 32 heavy (non-hydrogen) atoms. The Labute approximate surface area is 195 Å². The Morgan fingerprint density at radius 2 is 1.97 bits per heavy atom. The van der Waals surface area contributed by atoms with Crippen molar-refractivity contribution in [3.8, 4) is 23.0 Å². The molecule has 2 aliphatic heterocycles. The highest BCUT2D eigenvalue weighted by atomic mass is 35.5. The van der Waals surface area contributed by atoms with Gasteiger partial charge in [-0.05, 0) is 29.9 Å². The Hall–Kier alpha value is -3.24. The van der Waals surface area contributed by atoms with Crippen LogP contribution >= 0.6 is 23.8 Å². The molecule has 2 aromatic carbocycles. The first kappa shape index (κ1) is 22.0. The molecule has 0 saturated carbocycles. The van der Waals surface area contributed by atoms with Gasteiger partial charge in [-0.15, -0.1) is 0 Å². The number of nitrogens with zero attached hydrogens (tertiary/aromatic N) is 2. The van der Waals surface area contributed by atoms with E-state index in [2.05, 4.69) is 15.7 Å². The zero-order chi connectivity index (χ0) is 22.7. The number of fused-ring (bicyclic) bond motifs is 1. The summed E-state index contributed by atoms with van der Waals surface area (Å²) < 4.78 is 22.6. The first-order chi connectivity index (χ1) is 15.5. The molecule has 11 heteroatoms. The second-order valence-electron chi connectivity index (χ2n) is 6.94. The summed E-state index contributed by atoms with van der Waals surface area (Å²) in [6.07, 6.45) is 2.37. The maximum atomic E-state index is 5.99. The van der Waals surface area contributed by atoms with Gasteiger partial charge in [0.2, 0.25) is 18.3 Å². The maximum Gasteiger partial charge on any atom is 0.231 e. The molecule has 168 valence electrons. The number of hydrogen-bond acceptors (Lipinski definition) is 8. The Morgan fingerprint density at radius 1 is 1.25 bits per heavy atom. The van der Waals surface area contributed by atoms with Gasteiger partial charge in [-0.3, -0.25) is 5.43 Å². The minimum atomic E-state index is -0.240. The van der Waals surface area contributed by atoms with E-state index >= 15 is 0 Å². The maximum absolute atomic E-state index is 5.99. The van der Waals surface area contributed by atoms with Crippen LogP contribution in [0.15, 0.2) is 34.5 Å². The van der Waals surface area contributed by atoms with Crippen molar-refractivity contribution in [2.75, 3.05) is 21.0 Å². The van der Waals surface area contributed by atoms with Crippen LogP contribution in [0.2, 0.25) is 5.02 Å². The molecular formula is C21H21ClN4O5S. The lowest BCUT2D eigenvalue weighted by molar-refractivity contribution is 0.0853. The summed E-state index contributed by atoms with van der Waals surface area (Å²) in [5, 5.41) is 9.07. The highest BCUT2D eigenvalue weighted by Crippen LogP contribution is 2.52. The van der Waals surface area contributed by atoms with E-state index in [0.29, 0.717) is 46.4 Å². The molecule has 2 aliphatic rings. The van der Waals surface area contributed by atoms with Crippen LogP contribution in [0.5, 0.6) is 23.0 Å². The topological polar surface area (TPSA) is 109 Å². The van der Waals surface area contributed by atoms with Crippen molar-refractivity contribution in [2.24, 2.45) is 16.0 Å². The molecule has 3 N–H and O–H groups in total. The molecule has 9 nitrogen and oxygen atoms in total. The number of hydrogen-bond donors (Lipinski definition) is 2. The third-order valence-corrected chi connectivity index (χ3v) is 5.33. The van der Waals surface area contributed by atoms with Gasteiger partial charge >= 0.3 is 0 Å². The number of methoxy groups -OCH3 is 2. The average Bonchev–Trinajstić information content (AvgIpc) is 3.44. The smallest absolute Gasteiger partial charge is 0.231 e. The van der Waals surface area contributed by atoms with Crippen LogP contribution in [-0.4, -0.2) is 44.2 Å². The lowest BCUT2D eigenvalue weighted by Gasteiger charge is -2.19. The van der Waals surface area contributed by atoms with Gasteiger partial charge in [-0.2, -0.15) is 5.10 Å². The van der Waals surface area contributed by atoms with Gasteiger partial charge in [0.05, 0.1) is 26.1 Å². The molecule has 2 aromatic rings. The molecule has 0 amide bonds. The van der Waals surface area contributed by atoms with Gasteiger partial charge in [0.15, 0.2) is 16.6 Å². The van der Waals surface area contributed by atoms with E-state index in [9.17, 15) is 0 Å². The molecule has 0 aliphatic carbocycles. The molecule has 0 spiro atoms. The first-order valence-corrected chi connectivity index (χ1v) is 10.4. The molecule has 2 heterocycles. The molecule has 4 rings (SSSR count). The summed E-state index contributed by atoms with van der Waals surface area (Å²) in [5.74, 6) is 1.86. The Balaban J connectivity index is 1.67. The quantitative estimate of drug-likeness (QED) is 0.356. The van der Waals surface area contributed by atoms with Crippen LogP contribution in [0.1, 0.15) is 23.1 Å². The molecular weight excluding hydrogens is 456 g/mol. The van der Waals surface area contributed by atoms with E-state index in [4.69, 9.17) is 53.3 Å². The second-order valence-corrected chi connectivity index (χ2v) is 7.81. The number of benzene rings is 2. The van der Waals surface area contributed by atoms with E-state index in [1.807, 2.05) is 24.3 Å². The predicted molar refractivity (Wildman–Crippen MR) is 124 cm³/mol. The third kappa shape index (κ3) is 4.37. The van der Waals surface area contributed by atoms with E-state index in [0.717, 1.165) is 16.8 Å². The van der Waals surface area contributed by atoms with Gasteiger partial charge < -0.3 is 29.5 Å². The number of nitrogens with one attached hydrogen (secondary N) is 1. The summed E-state index contributed by atoms with van der Waals surface area (Å²) in [6, 6.07) is 7.47. The number of halogens is 1. The molecule has 1 unspecified atom stereocenters. The molecule has 1 atom stereocenters. The lowest BCUT2D eigenvalue weighted by atomic mass is 9.95. The van der Waals surface area contributed by atoms with Crippen molar-refractivity contribution < 1.29 is 23.8 Å². The summed E-state index contributed by atoms with van der Waals surface area (Å²) in [5.41, 5.74) is 11.2. The summed E-state index contributed by atoms with van der Waals surface area (Å²) in [4.78, 5) is 5.73. The first-order valence-electron chi connectivity index (χ1n) is 9.65. The lowest BCUT2D eigenvalue weighted by Crippen LogP contribution is -2.24. The SMILES string of the molecule is COc1c(CC2CC(c3ccc(Cl)cc3)=NO2)c(/C=N/NC(N)=S)c2c(c1OC)OCO2. The second kappa shape index (κ2) is 9.49. The van der Waals surface area contributed by atoms with Gasteiger partial charge in [-0.1, -0.05) is 28.9 Å². The molecule has 0 radical (unpaired) electrons. The van der Waals surface area contributed by atoms with Gasteiger partial charge in [0.1, 0.15) is 6.10 Å². The number of oxime groups is 1. The van der Waals surface area contributed by atoms with Crippen molar-refractivity contribution >= 4 is 40.9 Å². The fourth-order valence-electron chi connectivity index (χ4n) is 3.63. The third-order valence-electron chi connectivity index (χ3n) is 4.99. The molecule has 0 bridgehead atoms. The normalized spacial score (nSPS) is 16.6.